The zero-order valence-electron chi connectivity index (χ0n) is 12.9. The van der Waals surface area contributed by atoms with Gasteiger partial charge in [0.15, 0.2) is 0 Å². The molecular weight excluding hydrogens is 458 g/mol. The van der Waals surface area contributed by atoms with Gasteiger partial charge >= 0.3 is 6.18 Å². The molecule has 25 heavy (non-hydrogen) atoms. The van der Waals surface area contributed by atoms with Crippen LogP contribution in [0.15, 0.2) is 84.9 Å². The molecule has 3 aromatic carbocycles. The van der Waals surface area contributed by atoms with Crippen molar-refractivity contribution in [2.75, 3.05) is 0 Å². The second-order valence-electron chi connectivity index (χ2n) is 5.02. The molecule has 0 spiro atoms. The molecule has 3 rings (SSSR count). The fraction of sp³-hybridized carbons (Fsp3) is 0.0526. The number of benzene rings is 3. The van der Waals surface area contributed by atoms with Gasteiger partial charge in [0, 0.05) is 20.4 Å². The number of halogens is 4. The van der Waals surface area contributed by atoms with Crippen molar-refractivity contribution in [2.45, 2.75) is 6.18 Å². The monoisotopic (exact) mass is 472 g/mol. The molecule has 0 unspecified atom stereocenters. The first kappa shape index (κ1) is 21.9. The molecule has 0 aromatic heterocycles. The summed E-state index contributed by atoms with van der Waals surface area (Å²) in [4.78, 5) is 0. The second-order valence-corrected chi connectivity index (χ2v) is 7.21. The SMILES string of the molecule is Cl.FC(F)(F)c1ccccc1P(c1ccccc1)c1ccccc1.[Pd]. The number of hydrogen-bond acceptors (Lipinski definition) is 0. The third-order valence-corrected chi connectivity index (χ3v) is 5.98. The Morgan fingerprint density at radius 3 is 1.44 bits per heavy atom. The first-order chi connectivity index (χ1) is 11.1. The van der Waals surface area contributed by atoms with Crippen LogP contribution in [0.4, 0.5) is 13.2 Å². The summed E-state index contributed by atoms with van der Waals surface area (Å²) in [6.45, 7) is 0. The number of hydrogen-bond donors (Lipinski definition) is 0. The Morgan fingerprint density at radius 1 is 0.600 bits per heavy atom. The summed E-state index contributed by atoms with van der Waals surface area (Å²) >= 11 is 0. The van der Waals surface area contributed by atoms with Gasteiger partial charge in [-0.2, -0.15) is 13.2 Å². The Balaban J connectivity index is 0.00000156. The molecule has 0 aliphatic heterocycles. The van der Waals surface area contributed by atoms with E-state index in [0.717, 1.165) is 16.7 Å². The van der Waals surface area contributed by atoms with Gasteiger partial charge in [-0.1, -0.05) is 78.9 Å². The number of rotatable bonds is 3. The maximum Gasteiger partial charge on any atom is 0.417 e. The summed E-state index contributed by atoms with van der Waals surface area (Å²) in [6.07, 6.45) is -4.36. The minimum absolute atomic E-state index is 0. The van der Waals surface area contributed by atoms with Crippen molar-refractivity contribution >= 4 is 36.2 Å². The van der Waals surface area contributed by atoms with Gasteiger partial charge in [0.05, 0.1) is 5.56 Å². The van der Waals surface area contributed by atoms with Gasteiger partial charge in [-0.25, -0.2) is 0 Å². The van der Waals surface area contributed by atoms with E-state index in [1.807, 2.05) is 60.7 Å². The van der Waals surface area contributed by atoms with Crippen molar-refractivity contribution in [1.82, 2.24) is 0 Å². The average Bonchev–Trinajstić information content (AvgIpc) is 2.57. The fourth-order valence-corrected chi connectivity index (χ4v) is 4.96. The smallest absolute Gasteiger partial charge is 0.166 e. The molecule has 0 aliphatic rings. The molecule has 0 bridgehead atoms. The van der Waals surface area contributed by atoms with E-state index < -0.39 is 19.7 Å². The minimum atomic E-state index is -4.36. The van der Waals surface area contributed by atoms with E-state index in [1.165, 1.54) is 6.07 Å². The summed E-state index contributed by atoms with van der Waals surface area (Å²) in [5.74, 6) is 0. The normalized spacial score (nSPS) is 10.7. The van der Waals surface area contributed by atoms with Crippen LogP contribution in [-0.4, -0.2) is 0 Å². The molecule has 3 aromatic rings. The zero-order valence-corrected chi connectivity index (χ0v) is 16.2. The van der Waals surface area contributed by atoms with E-state index in [0.29, 0.717) is 5.30 Å². The van der Waals surface area contributed by atoms with Gasteiger partial charge < -0.3 is 0 Å². The van der Waals surface area contributed by atoms with Gasteiger partial charge in [0.1, 0.15) is 0 Å². The maximum atomic E-state index is 13.5. The van der Waals surface area contributed by atoms with Crippen molar-refractivity contribution < 1.29 is 33.6 Å². The van der Waals surface area contributed by atoms with Gasteiger partial charge in [0.25, 0.3) is 0 Å². The molecule has 0 atom stereocenters. The fourth-order valence-electron chi connectivity index (χ4n) is 2.49. The van der Waals surface area contributed by atoms with Crippen molar-refractivity contribution in [3.63, 3.8) is 0 Å². The Morgan fingerprint density at radius 2 is 1.00 bits per heavy atom. The summed E-state index contributed by atoms with van der Waals surface area (Å²) in [5.41, 5.74) is -0.557. The summed E-state index contributed by atoms with van der Waals surface area (Å²) in [6, 6.07) is 24.7. The quantitative estimate of drug-likeness (QED) is 0.376. The van der Waals surface area contributed by atoms with Crippen LogP contribution in [0.3, 0.4) is 0 Å². The number of alkyl halides is 3. The van der Waals surface area contributed by atoms with E-state index in [2.05, 4.69) is 0 Å². The second kappa shape index (κ2) is 9.51. The van der Waals surface area contributed by atoms with E-state index in [9.17, 15) is 13.2 Å². The third-order valence-electron chi connectivity index (χ3n) is 3.48. The maximum absolute atomic E-state index is 13.5. The van der Waals surface area contributed by atoms with Crippen molar-refractivity contribution in [3.05, 3.63) is 90.5 Å². The third kappa shape index (κ3) is 5.16. The zero-order chi connectivity index (χ0) is 16.3. The van der Waals surface area contributed by atoms with Crippen LogP contribution < -0.4 is 15.9 Å². The van der Waals surface area contributed by atoms with Crippen LogP contribution in [0.2, 0.25) is 0 Å². The summed E-state index contributed by atoms with van der Waals surface area (Å²) in [7, 11) is -1.25. The van der Waals surface area contributed by atoms with Crippen molar-refractivity contribution in [3.8, 4) is 0 Å². The van der Waals surface area contributed by atoms with Gasteiger partial charge in [0.2, 0.25) is 0 Å². The Hall–Kier alpha value is -1.17. The first-order valence-corrected chi connectivity index (χ1v) is 8.48. The van der Waals surface area contributed by atoms with Crippen LogP contribution in [0.1, 0.15) is 5.56 Å². The molecule has 0 nitrogen and oxygen atoms in total. The molecule has 0 fully saturated rings. The van der Waals surface area contributed by atoms with E-state index in [4.69, 9.17) is 0 Å². The topological polar surface area (TPSA) is 0 Å². The predicted molar refractivity (Wildman–Crippen MR) is 97.4 cm³/mol. The van der Waals surface area contributed by atoms with Gasteiger partial charge in [-0.05, 0) is 29.9 Å². The average molecular weight is 473 g/mol. The van der Waals surface area contributed by atoms with E-state index in [1.54, 1.807) is 12.1 Å². The molecule has 0 radical (unpaired) electrons. The van der Waals surface area contributed by atoms with Gasteiger partial charge in [-0.15, -0.1) is 12.4 Å². The molecule has 0 saturated carbocycles. The van der Waals surface area contributed by atoms with E-state index >= 15 is 0 Å². The molecule has 6 heteroatoms. The van der Waals surface area contributed by atoms with E-state index in [-0.39, 0.29) is 32.8 Å². The molecule has 134 valence electrons. The minimum Gasteiger partial charge on any atom is -0.166 e. The first-order valence-electron chi connectivity index (χ1n) is 7.14. The molecule has 0 amide bonds. The van der Waals surface area contributed by atoms with Crippen LogP contribution >= 0.6 is 20.3 Å². The molecular formula is C19H15ClF3PPd. The van der Waals surface area contributed by atoms with Crippen LogP contribution in [0, 0.1) is 0 Å². The van der Waals surface area contributed by atoms with Crippen molar-refractivity contribution in [2.24, 2.45) is 0 Å². The predicted octanol–water partition coefficient (Wildman–Crippen LogP) is 4.88. The van der Waals surface area contributed by atoms with Crippen LogP contribution in [-0.2, 0) is 26.6 Å². The largest absolute Gasteiger partial charge is 0.417 e. The van der Waals surface area contributed by atoms with Crippen LogP contribution in [0.5, 0.6) is 0 Å². The summed E-state index contributed by atoms with van der Waals surface area (Å²) in [5, 5.41) is 2.16. The Labute approximate surface area is 166 Å². The standard InChI is InChI=1S/C19H14F3P.ClH.Pd/c20-19(21,22)17-13-7-8-14-18(17)23(15-9-3-1-4-10-15)16-11-5-2-6-12-16;;/h1-14H;1H;. The molecule has 0 heterocycles. The van der Waals surface area contributed by atoms with Gasteiger partial charge in [-0.3, -0.25) is 0 Å². The Bertz CT molecular complexity index is 740. The summed E-state index contributed by atoms with van der Waals surface area (Å²) < 4.78 is 40.4. The molecule has 0 aliphatic carbocycles. The van der Waals surface area contributed by atoms with Crippen molar-refractivity contribution in [1.29, 1.82) is 0 Å². The molecule has 0 N–H and O–H groups in total. The van der Waals surface area contributed by atoms with Crippen LogP contribution in [0.25, 0.3) is 0 Å². The molecule has 0 saturated heterocycles. The Kier molecular flexibility index (Phi) is 8.32.